The van der Waals surface area contributed by atoms with Gasteiger partial charge in [-0.1, -0.05) is 6.07 Å². The van der Waals surface area contributed by atoms with Gasteiger partial charge in [-0.15, -0.1) is 0 Å². The zero-order valence-electron chi connectivity index (χ0n) is 20.7. The third-order valence-electron chi connectivity index (χ3n) is 6.24. The van der Waals surface area contributed by atoms with Gasteiger partial charge in [-0.3, -0.25) is 14.6 Å². The van der Waals surface area contributed by atoms with Crippen LogP contribution < -0.4 is 10.9 Å². The highest BCUT2D eigenvalue weighted by atomic mass is 16.1. The molecule has 0 atom stereocenters. The van der Waals surface area contributed by atoms with Gasteiger partial charge in [0.2, 0.25) is 0 Å². The molecule has 0 radical (unpaired) electrons. The number of carbonyl (C=O) groups excluding carboxylic acids is 1. The fraction of sp³-hybridized carbons (Fsp3) is 0.296. The first-order valence-corrected chi connectivity index (χ1v) is 11.6. The Morgan fingerprint density at radius 3 is 2.54 bits per heavy atom. The largest absolute Gasteiger partial charge is 0.348 e. The number of pyridine rings is 2. The number of aromatic nitrogens is 3. The van der Waals surface area contributed by atoms with Crippen molar-refractivity contribution in [2.75, 3.05) is 0 Å². The van der Waals surface area contributed by atoms with E-state index < -0.39 is 0 Å². The predicted octanol–water partition coefficient (Wildman–Crippen LogP) is 5.36. The van der Waals surface area contributed by atoms with E-state index in [0.717, 1.165) is 38.9 Å². The molecule has 3 heterocycles. The van der Waals surface area contributed by atoms with Gasteiger partial charge < -0.3 is 14.9 Å². The second-order valence-corrected chi connectivity index (χ2v) is 9.21. The molecule has 4 rings (SSSR count). The zero-order valence-corrected chi connectivity index (χ0v) is 20.7. The summed E-state index contributed by atoms with van der Waals surface area (Å²) in [5.41, 5.74) is 14.0. The van der Waals surface area contributed by atoms with Crippen molar-refractivity contribution >= 4 is 16.8 Å². The lowest BCUT2D eigenvalue weighted by molar-refractivity contribution is 0.0952. The molecule has 180 valence electrons. The minimum absolute atomic E-state index is 0.142. The van der Waals surface area contributed by atoms with E-state index in [1.54, 1.807) is 6.20 Å². The molecule has 0 bridgehead atoms. The maximum absolute atomic E-state index is 13.5. The van der Waals surface area contributed by atoms with Crippen LogP contribution in [0.5, 0.6) is 0 Å². The van der Waals surface area contributed by atoms with E-state index in [-0.39, 0.29) is 30.6 Å². The van der Waals surface area contributed by atoms with Crippen LogP contribution in [0.1, 0.15) is 58.3 Å². The van der Waals surface area contributed by atoms with Crippen molar-refractivity contribution in [1.82, 2.24) is 19.9 Å². The molecule has 0 fully saturated rings. The quantitative estimate of drug-likeness (QED) is 0.316. The zero-order chi connectivity index (χ0) is 25.3. The Bertz CT molecular complexity index is 1480. The number of nitrogens with one attached hydrogen (secondary N) is 3. The monoisotopic (exact) mass is 470 g/mol. The van der Waals surface area contributed by atoms with Crippen LogP contribution in [0.2, 0.25) is 0 Å². The van der Waals surface area contributed by atoms with Crippen LogP contribution in [0.4, 0.5) is 0 Å². The number of nitrogens with zero attached hydrogens (tertiary/aromatic N) is 3. The smallest absolute Gasteiger partial charge is 0.253 e. The molecule has 0 aliphatic carbocycles. The maximum Gasteiger partial charge on any atom is 0.253 e. The molecular weight excluding hydrogens is 440 g/mol. The number of benzene rings is 1. The number of rotatable bonds is 7. The topological polar surface area (TPSA) is 116 Å². The summed E-state index contributed by atoms with van der Waals surface area (Å²) >= 11 is 0. The second kappa shape index (κ2) is 9.66. The molecule has 8 nitrogen and oxygen atoms in total. The summed E-state index contributed by atoms with van der Waals surface area (Å²) in [5, 5.41) is 7.25. The average Bonchev–Trinajstić information content (AvgIpc) is 3.15. The summed E-state index contributed by atoms with van der Waals surface area (Å²) in [6, 6.07) is 9.86. The molecule has 35 heavy (non-hydrogen) atoms. The first-order valence-electron chi connectivity index (χ1n) is 11.6. The molecule has 3 aromatic heterocycles. The van der Waals surface area contributed by atoms with Gasteiger partial charge >= 0.3 is 0 Å². The number of fused-ring (bicyclic) bond motifs is 1. The SMILES string of the molecule is Cc1cc(C)c(CNC(=O)c2cc(-c3ccc(CN=N)nc3)cc3c2c(C)cn3C(C)C)c(=O)[nH]1. The highest BCUT2D eigenvalue weighted by Gasteiger charge is 2.19. The van der Waals surface area contributed by atoms with Gasteiger partial charge in [-0.2, -0.15) is 5.11 Å². The van der Waals surface area contributed by atoms with Gasteiger partial charge in [0.15, 0.2) is 0 Å². The van der Waals surface area contributed by atoms with Gasteiger partial charge in [0.1, 0.15) is 6.54 Å². The van der Waals surface area contributed by atoms with Crippen molar-refractivity contribution in [2.24, 2.45) is 5.11 Å². The highest BCUT2D eigenvalue weighted by Crippen LogP contribution is 2.33. The summed E-state index contributed by atoms with van der Waals surface area (Å²) in [6.07, 6.45) is 3.82. The molecule has 3 N–H and O–H groups in total. The normalized spacial score (nSPS) is 11.3. The van der Waals surface area contributed by atoms with E-state index in [1.165, 1.54) is 0 Å². The number of aromatic amines is 1. The van der Waals surface area contributed by atoms with Crippen LogP contribution in [0.15, 0.2) is 52.6 Å². The third kappa shape index (κ3) is 4.77. The number of carbonyl (C=O) groups is 1. The van der Waals surface area contributed by atoms with E-state index in [4.69, 9.17) is 5.53 Å². The van der Waals surface area contributed by atoms with Crippen molar-refractivity contribution in [3.8, 4) is 11.1 Å². The van der Waals surface area contributed by atoms with Crippen molar-refractivity contribution in [3.63, 3.8) is 0 Å². The molecule has 1 amide bonds. The fourth-order valence-electron chi connectivity index (χ4n) is 4.50. The van der Waals surface area contributed by atoms with Crippen LogP contribution in [0.3, 0.4) is 0 Å². The lowest BCUT2D eigenvalue weighted by Gasteiger charge is -2.14. The molecule has 8 heteroatoms. The molecule has 0 spiro atoms. The van der Waals surface area contributed by atoms with Gasteiger partial charge in [0.05, 0.1) is 5.69 Å². The molecule has 0 saturated heterocycles. The van der Waals surface area contributed by atoms with Gasteiger partial charge in [0.25, 0.3) is 11.5 Å². The minimum atomic E-state index is -0.238. The second-order valence-electron chi connectivity index (χ2n) is 9.21. The fourth-order valence-corrected chi connectivity index (χ4v) is 4.50. The highest BCUT2D eigenvalue weighted by molar-refractivity contribution is 6.09. The van der Waals surface area contributed by atoms with Gasteiger partial charge in [-0.05, 0) is 75.6 Å². The lowest BCUT2D eigenvalue weighted by atomic mass is 9.98. The summed E-state index contributed by atoms with van der Waals surface area (Å²) in [6.45, 7) is 10.3. The van der Waals surface area contributed by atoms with Crippen LogP contribution >= 0.6 is 0 Å². The van der Waals surface area contributed by atoms with E-state index in [0.29, 0.717) is 16.8 Å². The molecule has 0 aliphatic heterocycles. The van der Waals surface area contributed by atoms with E-state index in [1.807, 2.05) is 45.0 Å². The van der Waals surface area contributed by atoms with Gasteiger partial charge in [0, 0.05) is 58.3 Å². The van der Waals surface area contributed by atoms with Crippen LogP contribution in [-0.2, 0) is 13.1 Å². The van der Waals surface area contributed by atoms with Crippen molar-refractivity contribution in [3.05, 3.63) is 86.7 Å². The van der Waals surface area contributed by atoms with E-state index in [9.17, 15) is 9.59 Å². The van der Waals surface area contributed by atoms with Crippen LogP contribution in [0.25, 0.3) is 22.0 Å². The van der Waals surface area contributed by atoms with E-state index >= 15 is 0 Å². The number of hydrogen-bond donors (Lipinski definition) is 3. The standard InChI is InChI=1S/C27H30N6O2/c1-15(2)33-14-17(4)25-22(26(34)30-13-23-16(3)8-18(5)32-27(23)35)9-20(10-24(25)33)19-6-7-21(12-31-28)29-11-19/h6-11,14-15,28H,12-13H2,1-5H3,(H,30,34)(H,32,35). The van der Waals surface area contributed by atoms with Gasteiger partial charge in [-0.25, -0.2) is 5.53 Å². The van der Waals surface area contributed by atoms with E-state index in [2.05, 4.69) is 51.1 Å². The summed E-state index contributed by atoms with van der Waals surface area (Å²) in [5.74, 6) is -0.238. The number of amides is 1. The number of H-pyrrole nitrogens is 1. The predicted molar refractivity (Wildman–Crippen MR) is 137 cm³/mol. The molecule has 1 aromatic carbocycles. The summed E-state index contributed by atoms with van der Waals surface area (Å²) in [4.78, 5) is 33.1. The van der Waals surface area contributed by atoms with Crippen LogP contribution in [0, 0.1) is 26.3 Å². The first kappa shape index (κ1) is 24.1. The Balaban J connectivity index is 1.79. The Morgan fingerprint density at radius 1 is 1.14 bits per heavy atom. The average molecular weight is 471 g/mol. The van der Waals surface area contributed by atoms with Crippen molar-refractivity contribution < 1.29 is 4.79 Å². The Hall–Kier alpha value is -4.07. The third-order valence-corrected chi connectivity index (χ3v) is 6.24. The Morgan fingerprint density at radius 2 is 1.91 bits per heavy atom. The summed E-state index contributed by atoms with van der Waals surface area (Å²) in [7, 11) is 0. The Kier molecular flexibility index (Phi) is 6.64. The Labute approximate surface area is 203 Å². The maximum atomic E-state index is 13.5. The first-order chi connectivity index (χ1) is 16.7. The molecule has 0 aliphatic rings. The minimum Gasteiger partial charge on any atom is -0.348 e. The molecule has 0 saturated carbocycles. The lowest BCUT2D eigenvalue weighted by Crippen LogP contribution is -2.28. The number of hydrogen-bond acceptors (Lipinski definition) is 5. The number of aryl methyl sites for hydroxylation is 3. The molecule has 0 unspecified atom stereocenters. The molecular formula is C27H30N6O2. The molecule has 4 aromatic rings. The van der Waals surface area contributed by atoms with Crippen molar-refractivity contribution in [2.45, 2.75) is 53.8 Å². The summed E-state index contributed by atoms with van der Waals surface area (Å²) < 4.78 is 2.17. The van der Waals surface area contributed by atoms with Crippen molar-refractivity contribution in [1.29, 1.82) is 5.53 Å². The van der Waals surface area contributed by atoms with Crippen LogP contribution in [-0.4, -0.2) is 20.4 Å².